The minimum absolute atomic E-state index is 0.0464. The number of benzene rings is 2. The smallest absolute Gasteiger partial charge is 0.310 e. The van der Waals surface area contributed by atoms with Crippen molar-refractivity contribution in [2.75, 3.05) is 0 Å². The number of ether oxygens (including phenoxy) is 1. The second kappa shape index (κ2) is 12.9. The van der Waals surface area contributed by atoms with Crippen LogP contribution in [0.1, 0.15) is 94.3 Å². The molecule has 0 unspecified atom stereocenters. The maximum atomic E-state index is 12.4. The van der Waals surface area contributed by atoms with Gasteiger partial charge in [-0.2, -0.15) is 0 Å². The van der Waals surface area contributed by atoms with E-state index in [1.165, 1.54) is 56.1 Å². The predicted octanol–water partition coefficient (Wildman–Crippen LogP) is 6.01. The van der Waals surface area contributed by atoms with Crippen LogP contribution in [-0.2, 0) is 29.0 Å². The van der Waals surface area contributed by atoms with Crippen LogP contribution < -0.4 is 5.32 Å². The summed E-state index contributed by atoms with van der Waals surface area (Å²) >= 11 is 0. The number of esters is 1. The van der Waals surface area contributed by atoms with Crippen molar-refractivity contribution in [3.63, 3.8) is 0 Å². The highest BCUT2D eigenvalue weighted by atomic mass is 16.5. The summed E-state index contributed by atoms with van der Waals surface area (Å²) in [5.41, 5.74) is 4.60. The zero-order valence-electron chi connectivity index (χ0n) is 20.2. The summed E-state index contributed by atoms with van der Waals surface area (Å²) in [6.45, 7) is 6.05. The number of hydrogen-bond donors (Lipinski definition) is 1. The Kier molecular flexibility index (Phi) is 9.62. The van der Waals surface area contributed by atoms with Gasteiger partial charge in [0, 0.05) is 0 Å². The van der Waals surface area contributed by atoms with Gasteiger partial charge in [0.25, 0.3) is 11.8 Å². The third-order valence-corrected chi connectivity index (χ3v) is 6.35. The van der Waals surface area contributed by atoms with Gasteiger partial charge in [0.1, 0.15) is 6.61 Å². The molecule has 0 atom stereocenters. The normalized spacial score (nSPS) is 12.4. The molecule has 34 heavy (non-hydrogen) atoms. The number of imide groups is 1. The molecule has 180 valence electrons. The molecule has 5 nitrogen and oxygen atoms in total. The number of rotatable bonds is 14. The van der Waals surface area contributed by atoms with Crippen molar-refractivity contribution in [2.45, 2.75) is 77.7 Å². The molecule has 0 bridgehead atoms. The van der Waals surface area contributed by atoms with Crippen LogP contribution in [0.2, 0.25) is 0 Å². The zero-order valence-corrected chi connectivity index (χ0v) is 20.2. The van der Waals surface area contributed by atoms with Crippen molar-refractivity contribution >= 4 is 17.8 Å². The Hall–Kier alpha value is -3.21. The van der Waals surface area contributed by atoms with E-state index >= 15 is 0 Å². The quantitative estimate of drug-likeness (QED) is 0.162. The average Bonchev–Trinajstić information content (AvgIpc) is 3.12. The lowest BCUT2D eigenvalue weighted by molar-refractivity contribution is -0.144. The SMILES string of the molecule is C=CCCCCCCCCCc1ccc(COC(=O)Cc2cccc3c2C(=O)NC3=O)cc1C. The van der Waals surface area contributed by atoms with Crippen molar-refractivity contribution in [3.05, 3.63) is 82.4 Å². The molecule has 5 heteroatoms. The van der Waals surface area contributed by atoms with Crippen molar-refractivity contribution in [2.24, 2.45) is 0 Å². The lowest BCUT2D eigenvalue weighted by Crippen LogP contribution is -2.20. The molecule has 1 N–H and O–H groups in total. The minimum atomic E-state index is -0.460. The zero-order chi connectivity index (χ0) is 24.3. The summed E-state index contributed by atoms with van der Waals surface area (Å²) in [4.78, 5) is 36.2. The summed E-state index contributed by atoms with van der Waals surface area (Å²) in [7, 11) is 0. The van der Waals surface area contributed by atoms with Crippen LogP contribution >= 0.6 is 0 Å². The molecular formula is C29H35NO4. The second-order valence-electron chi connectivity index (χ2n) is 9.02. The van der Waals surface area contributed by atoms with E-state index in [-0.39, 0.29) is 18.6 Å². The van der Waals surface area contributed by atoms with Crippen molar-refractivity contribution in [3.8, 4) is 0 Å². The van der Waals surface area contributed by atoms with Gasteiger partial charge in [0.15, 0.2) is 0 Å². The number of nitrogens with one attached hydrogen (secondary N) is 1. The molecule has 0 radical (unpaired) electrons. The Labute approximate surface area is 202 Å². The van der Waals surface area contributed by atoms with Gasteiger partial charge in [-0.05, 0) is 60.9 Å². The number of allylic oxidation sites excluding steroid dienone is 1. The lowest BCUT2D eigenvalue weighted by Gasteiger charge is -2.10. The van der Waals surface area contributed by atoms with Gasteiger partial charge in [-0.15, -0.1) is 6.58 Å². The summed E-state index contributed by atoms with van der Waals surface area (Å²) in [6, 6.07) is 11.2. The summed E-state index contributed by atoms with van der Waals surface area (Å²) in [5, 5.41) is 2.27. The molecular weight excluding hydrogens is 426 g/mol. The fourth-order valence-electron chi connectivity index (χ4n) is 4.42. The van der Waals surface area contributed by atoms with Gasteiger partial charge < -0.3 is 4.74 Å². The summed E-state index contributed by atoms with van der Waals surface area (Å²) < 4.78 is 5.45. The van der Waals surface area contributed by atoms with E-state index < -0.39 is 17.8 Å². The largest absolute Gasteiger partial charge is 0.461 e. The van der Waals surface area contributed by atoms with Crippen LogP contribution in [-0.4, -0.2) is 17.8 Å². The molecule has 0 saturated heterocycles. The molecule has 0 spiro atoms. The van der Waals surface area contributed by atoms with Gasteiger partial charge in [-0.25, -0.2) is 0 Å². The van der Waals surface area contributed by atoms with Gasteiger partial charge in [0.2, 0.25) is 0 Å². The van der Waals surface area contributed by atoms with Crippen molar-refractivity contribution in [1.29, 1.82) is 0 Å². The summed E-state index contributed by atoms with van der Waals surface area (Å²) in [5.74, 6) is -1.31. The molecule has 1 heterocycles. The van der Waals surface area contributed by atoms with Crippen molar-refractivity contribution in [1.82, 2.24) is 5.32 Å². The number of hydrogen-bond acceptors (Lipinski definition) is 4. The number of carbonyl (C=O) groups excluding carboxylic acids is 3. The van der Waals surface area contributed by atoms with Crippen molar-refractivity contribution < 1.29 is 19.1 Å². The van der Waals surface area contributed by atoms with Crippen LogP contribution in [0, 0.1) is 6.92 Å². The fourth-order valence-corrected chi connectivity index (χ4v) is 4.42. The summed E-state index contributed by atoms with van der Waals surface area (Å²) in [6.07, 6.45) is 13.1. The van der Waals surface area contributed by atoms with E-state index in [0.29, 0.717) is 11.1 Å². The molecule has 0 fully saturated rings. The first-order valence-corrected chi connectivity index (χ1v) is 12.3. The van der Waals surface area contributed by atoms with Crippen LogP contribution in [0.4, 0.5) is 0 Å². The van der Waals surface area contributed by atoms with E-state index in [1.807, 2.05) is 12.1 Å². The van der Waals surface area contributed by atoms with E-state index in [0.717, 1.165) is 18.4 Å². The first kappa shape index (κ1) is 25.4. The molecule has 2 aromatic rings. The maximum absolute atomic E-state index is 12.4. The molecule has 2 aromatic carbocycles. The monoisotopic (exact) mass is 461 g/mol. The Balaban J connectivity index is 1.40. The fraction of sp³-hybridized carbons (Fsp3) is 0.414. The lowest BCUT2D eigenvalue weighted by atomic mass is 9.99. The highest BCUT2D eigenvalue weighted by Gasteiger charge is 2.29. The van der Waals surface area contributed by atoms with E-state index in [4.69, 9.17) is 4.74 Å². The number of carbonyl (C=O) groups is 3. The van der Waals surface area contributed by atoms with Crippen LogP contribution in [0.25, 0.3) is 0 Å². The second-order valence-corrected chi connectivity index (χ2v) is 9.02. The molecule has 2 amide bonds. The number of unbranched alkanes of at least 4 members (excludes halogenated alkanes) is 7. The first-order chi connectivity index (χ1) is 16.5. The predicted molar refractivity (Wildman–Crippen MR) is 134 cm³/mol. The molecule has 0 saturated carbocycles. The Morgan fingerprint density at radius 2 is 1.68 bits per heavy atom. The van der Waals surface area contributed by atoms with Gasteiger partial charge >= 0.3 is 5.97 Å². The molecule has 3 rings (SSSR count). The Morgan fingerprint density at radius 3 is 2.41 bits per heavy atom. The first-order valence-electron chi connectivity index (χ1n) is 12.3. The van der Waals surface area contributed by atoms with Crippen LogP contribution in [0.5, 0.6) is 0 Å². The molecule has 0 aromatic heterocycles. The van der Waals surface area contributed by atoms with Crippen LogP contribution in [0.15, 0.2) is 49.1 Å². The highest BCUT2D eigenvalue weighted by molar-refractivity contribution is 6.22. The highest BCUT2D eigenvalue weighted by Crippen LogP contribution is 2.21. The third-order valence-electron chi connectivity index (χ3n) is 6.35. The van der Waals surface area contributed by atoms with E-state index in [2.05, 4.69) is 31.0 Å². The maximum Gasteiger partial charge on any atom is 0.310 e. The average molecular weight is 462 g/mol. The number of aryl methyl sites for hydroxylation is 2. The molecule has 0 aliphatic carbocycles. The van der Waals surface area contributed by atoms with Gasteiger partial charge in [0.05, 0.1) is 17.5 Å². The Morgan fingerprint density at radius 1 is 0.941 bits per heavy atom. The third kappa shape index (κ3) is 7.14. The molecule has 1 aliphatic heterocycles. The topological polar surface area (TPSA) is 72.5 Å². The van der Waals surface area contributed by atoms with Crippen LogP contribution in [0.3, 0.4) is 0 Å². The minimum Gasteiger partial charge on any atom is -0.461 e. The van der Waals surface area contributed by atoms with E-state index in [1.54, 1.807) is 18.2 Å². The van der Waals surface area contributed by atoms with E-state index in [9.17, 15) is 14.4 Å². The van der Waals surface area contributed by atoms with Gasteiger partial charge in [-0.1, -0.05) is 68.5 Å². The number of amides is 2. The molecule has 1 aliphatic rings. The standard InChI is InChI=1S/C29H35NO4/c1-3-4-5-6-7-8-9-10-11-13-23-17-16-22(18-21(23)2)20-34-26(31)19-24-14-12-15-25-27(24)29(33)30-28(25)32/h3,12,14-18H,1,4-11,13,19-20H2,2H3,(H,30,32,33). The Bertz CT molecular complexity index is 1040. The number of fused-ring (bicyclic) bond motifs is 1. The van der Waals surface area contributed by atoms with Gasteiger partial charge in [-0.3, -0.25) is 19.7 Å².